The number of piperazine rings is 1. The summed E-state index contributed by atoms with van der Waals surface area (Å²) in [5.74, 6) is -3.24. The number of pyridine rings is 1. The number of carbonyl (C=O) groups excluding carboxylic acids is 4. The molecule has 2 N–H and O–H groups in total. The average molecular weight is 854 g/mol. The molecule has 1 saturated carbocycles. The van der Waals surface area contributed by atoms with Crippen LogP contribution in [0.15, 0.2) is 95.1 Å². The number of ether oxygens (including phenoxy) is 3. The number of aromatic nitrogens is 1. The monoisotopic (exact) mass is 853 g/mol. The third-order valence-electron chi connectivity index (χ3n) is 10.9. The van der Waals surface area contributed by atoms with Crippen molar-refractivity contribution in [3.05, 3.63) is 123 Å². The number of amides is 3. The van der Waals surface area contributed by atoms with Gasteiger partial charge >= 0.3 is 24.1 Å². The number of carbonyl (C=O) groups is 5. The molecule has 3 fully saturated rings. The first kappa shape index (κ1) is 41.4. The number of benzene rings is 3. The van der Waals surface area contributed by atoms with Crippen molar-refractivity contribution in [1.82, 2.24) is 19.7 Å². The third-order valence-corrected chi connectivity index (χ3v) is 12.2. The molecule has 17 heteroatoms. The van der Waals surface area contributed by atoms with Crippen LogP contribution in [-0.4, -0.2) is 105 Å². The molecule has 3 aliphatic heterocycles. The number of esters is 1. The van der Waals surface area contributed by atoms with E-state index in [0.29, 0.717) is 22.2 Å². The van der Waals surface area contributed by atoms with Gasteiger partial charge in [-0.2, -0.15) is 0 Å². The summed E-state index contributed by atoms with van der Waals surface area (Å²) in [6, 6.07) is 20.0. The van der Waals surface area contributed by atoms with E-state index in [4.69, 9.17) is 14.2 Å². The van der Waals surface area contributed by atoms with Gasteiger partial charge in [0.05, 0.1) is 11.2 Å². The smallest absolute Gasteiger partial charge is 0.410 e. The van der Waals surface area contributed by atoms with E-state index in [0.717, 1.165) is 18.9 Å². The number of alkyl carbamates (subject to hydrolysis) is 1. The lowest BCUT2D eigenvalue weighted by Crippen LogP contribution is -2.71. The van der Waals surface area contributed by atoms with Crippen LogP contribution in [0.3, 0.4) is 0 Å². The molecule has 4 heterocycles. The number of hydrogen-bond donors (Lipinski definition) is 2. The molecule has 8 rings (SSSR count). The van der Waals surface area contributed by atoms with E-state index in [1.54, 1.807) is 36.3 Å². The zero-order valence-corrected chi connectivity index (χ0v) is 34.5. The van der Waals surface area contributed by atoms with Gasteiger partial charge in [0.2, 0.25) is 5.43 Å². The third kappa shape index (κ3) is 8.51. The van der Waals surface area contributed by atoms with E-state index < -0.39 is 70.0 Å². The Morgan fingerprint density at radius 2 is 1.57 bits per heavy atom. The average Bonchev–Trinajstić information content (AvgIpc) is 4.09. The molecule has 3 aromatic carbocycles. The first-order valence-corrected chi connectivity index (χ1v) is 21.0. The fourth-order valence-corrected chi connectivity index (χ4v) is 9.07. The molecule has 1 unspecified atom stereocenters. The number of hydrogen-bond acceptors (Lipinski definition) is 11. The van der Waals surface area contributed by atoms with E-state index in [9.17, 15) is 33.9 Å². The molecular weight excluding hydrogens is 810 g/mol. The highest BCUT2D eigenvalue weighted by Gasteiger charge is 2.55. The van der Waals surface area contributed by atoms with Crippen molar-refractivity contribution >= 4 is 58.4 Å². The SMILES string of the molecule is CC(C)(C)OC(=O)NC1C(=O)N2C(C(=O)OC(c3ccccc3)c3ccccc3)=C(COC(=O)N3CCN(c4cc5c(cc4F)c(=O)c(C(=O)O)cn5C4CC4)CC3)CS[C@H]12. The molecule has 3 amide bonds. The molecule has 0 bridgehead atoms. The van der Waals surface area contributed by atoms with Crippen molar-refractivity contribution in [3.8, 4) is 0 Å². The first-order chi connectivity index (χ1) is 29.2. The second-order valence-electron chi connectivity index (χ2n) is 16.3. The first-order valence-electron chi connectivity index (χ1n) is 19.9. The van der Waals surface area contributed by atoms with Gasteiger partial charge in [-0.1, -0.05) is 60.7 Å². The summed E-state index contributed by atoms with van der Waals surface area (Å²) in [6.45, 7) is 5.55. The molecule has 15 nitrogen and oxygen atoms in total. The van der Waals surface area contributed by atoms with Crippen LogP contribution in [-0.2, 0) is 23.8 Å². The van der Waals surface area contributed by atoms with Crippen molar-refractivity contribution in [3.63, 3.8) is 0 Å². The summed E-state index contributed by atoms with van der Waals surface area (Å²) < 4.78 is 34.7. The number of β-lactam (4-membered cyclic amide) rings is 1. The van der Waals surface area contributed by atoms with Gasteiger partial charge in [0.15, 0.2) is 6.10 Å². The maximum atomic E-state index is 15.6. The Labute approximate surface area is 354 Å². The van der Waals surface area contributed by atoms with Crippen LogP contribution >= 0.6 is 11.8 Å². The zero-order valence-electron chi connectivity index (χ0n) is 33.7. The van der Waals surface area contributed by atoms with Crippen molar-refractivity contribution < 1.29 is 47.7 Å². The van der Waals surface area contributed by atoms with Gasteiger partial charge in [0.1, 0.15) is 40.7 Å². The molecule has 1 aliphatic carbocycles. The largest absolute Gasteiger partial charge is 0.477 e. The fourth-order valence-electron chi connectivity index (χ4n) is 7.74. The topological polar surface area (TPSA) is 177 Å². The fraction of sp³-hybridized carbons (Fsp3) is 0.364. The summed E-state index contributed by atoms with van der Waals surface area (Å²) in [5.41, 5.74) is 0.365. The minimum absolute atomic E-state index is 0.00887. The molecule has 4 aromatic rings. The summed E-state index contributed by atoms with van der Waals surface area (Å²) in [5, 5.41) is 11.6. The number of nitrogens with zero attached hydrogens (tertiary/aromatic N) is 4. The quantitative estimate of drug-likeness (QED) is 0.111. The molecule has 318 valence electrons. The summed E-state index contributed by atoms with van der Waals surface area (Å²) in [6.07, 6.45) is 0.660. The Bertz CT molecular complexity index is 2460. The number of anilines is 1. The molecule has 0 radical (unpaired) electrons. The van der Waals surface area contributed by atoms with Crippen LogP contribution in [0, 0.1) is 5.82 Å². The number of thioether (sulfide) groups is 1. The van der Waals surface area contributed by atoms with E-state index in [2.05, 4.69) is 5.32 Å². The van der Waals surface area contributed by atoms with Gasteiger partial charge in [0, 0.05) is 55.1 Å². The van der Waals surface area contributed by atoms with Crippen molar-refractivity contribution in [1.29, 1.82) is 0 Å². The molecule has 0 spiro atoms. The normalized spacial score (nSPS) is 19.0. The molecule has 1 aromatic heterocycles. The highest BCUT2D eigenvalue weighted by atomic mass is 32.2. The van der Waals surface area contributed by atoms with Gasteiger partial charge < -0.3 is 39.0 Å². The zero-order chi connectivity index (χ0) is 43.2. The Balaban J connectivity index is 0.996. The second-order valence-corrected chi connectivity index (χ2v) is 17.4. The number of aromatic carboxylic acids is 1. The van der Waals surface area contributed by atoms with E-state index >= 15 is 4.39 Å². The Hall–Kier alpha value is -6.36. The highest BCUT2D eigenvalue weighted by molar-refractivity contribution is 8.00. The minimum Gasteiger partial charge on any atom is -0.477 e. The Morgan fingerprint density at radius 1 is 0.934 bits per heavy atom. The standard InChI is InChI=1S/C44H44FN5O10S/c1-44(2,3)60-42(56)46-34-38(52)50-35(41(55)59-37(25-10-6-4-7-11-25)26-12-8-5-9-13-26)27(24-61-39(34)50)23-58-43(57)48-18-16-47(17-19-48)33-21-32-29(20-31(33)45)36(51)30(40(53)54)22-49(32)28-14-15-28/h4-13,20-22,28,34,37,39H,14-19,23-24H2,1-3H3,(H,46,56)(H,53,54)/t34?,39-/m1/s1. The number of fused-ring (bicyclic) bond motifs is 2. The van der Waals surface area contributed by atoms with Crippen LogP contribution in [0.4, 0.5) is 19.7 Å². The maximum Gasteiger partial charge on any atom is 0.410 e. The molecular formula is C44H44FN5O10S. The van der Waals surface area contributed by atoms with Gasteiger partial charge in [-0.05, 0) is 56.9 Å². The van der Waals surface area contributed by atoms with Gasteiger partial charge in [0.25, 0.3) is 5.91 Å². The van der Waals surface area contributed by atoms with Crippen LogP contribution < -0.4 is 15.6 Å². The lowest BCUT2D eigenvalue weighted by molar-refractivity contribution is -0.153. The number of halogens is 1. The predicted molar refractivity (Wildman–Crippen MR) is 223 cm³/mol. The predicted octanol–water partition coefficient (Wildman–Crippen LogP) is 5.83. The number of rotatable bonds is 10. The van der Waals surface area contributed by atoms with E-state index in [1.807, 2.05) is 60.7 Å². The number of nitrogens with one attached hydrogen (secondary N) is 1. The van der Waals surface area contributed by atoms with Crippen molar-refractivity contribution in [2.24, 2.45) is 0 Å². The van der Waals surface area contributed by atoms with Crippen LogP contribution in [0.5, 0.6) is 0 Å². The molecule has 4 aliphatic rings. The summed E-state index contributed by atoms with van der Waals surface area (Å²) in [7, 11) is 0. The Morgan fingerprint density at radius 3 is 2.16 bits per heavy atom. The van der Waals surface area contributed by atoms with Crippen LogP contribution in [0.1, 0.15) is 67.2 Å². The van der Waals surface area contributed by atoms with Crippen molar-refractivity contribution in [2.75, 3.05) is 43.4 Å². The van der Waals surface area contributed by atoms with Gasteiger partial charge in [-0.3, -0.25) is 14.5 Å². The number of carboxylic acids is 1. The van der Waals surface area contributed by atoms with Crippen molar-refractivity contribution in [2.45, 2.75) is 62.8 Å². The van der Waals surface area contributed by atoms with Crippen LogP contribution in [0.2, 0.25) is 0 Å². The highest BCUT2D eigenvalue weighted by Crippen LogP contribution is 2.42. The number of carboxylic acid groups (broad SMARTS) is 1. The van der Waals surface area contributed by atoms with E-state index in [1.165, 1.54) is 27.8 Å². The summed E-state index contributed by atoms with van der Waals surface area (Å²) >= 11 is 1.29. The minimum atomic E-state index is -1.37. The second kappa shape index (κ2) is 16.6. The lowest BCUT2D eigenvalue weighted by Gasteiger charge is -2.49. The van der Waals surface area contributed by atoms with Gasteiger partial charge in [-0.25, -0.2) is 23.6 Å². The lowest BCUT2D eigenvalue weighted by atomic mass is 10.0. The molecule has 2 atom stereocenters. The van der Waals surface area contributed by atoms with E-state index in [-0.39, 0.29) is 61.4 Å². The van der Waals surface area contributed by atoms with Gasteiger partial charge in [-0.15, -0.1) is 11.8 Å². The Kier molecular flexibility index (Phi) is 11.3. The maximum absolute atomic E-state index is 15.6. The molecule has 61 heavy (non-hydrogen) atoms. The summed E-state index contributed by atoms with van der Waals surface area (Å²) in [4.78, 5) is 83.5. The van der Waals surface area contributed by atoms with Crippen LogP contribution in [0.25, 0.3) is 10.9 Å². The molecule has 2 saturated heterocycles.